The maximum absolute atomic E-state index is 9.23. The van der Waals surface area contributed by atoms with Gasteiger partial charge in [0, 0.05) is 28.0 Å². The maximum Gasteiger partial charge on any atom is 0.103 e. The quantitative estimate of drug-likeness (QED) is 0.857. The molecular weight excluding hydrogens is 230 g/mol. The van der Waals surface area contributed by atoms with Crippen LogP contribution in [0.5, 0.6) is 0 Å². The topological polar surface area (TPSA) is 42.4 Å². The fraction of sp³-hybridized carbons (Fsp3) is 0.700. The average Bonchev–Trinajstić information content (AvgIpc) is 2.56. The van der Waals surface area contributed by atoms with Gasteiger partial charge in [-0.2, -0.15) is 11.8 Å². The van der Waals surface area contributed by atoms with Gasteiger partial charge in [-0.3, -0.25) is 0 Å². The van der Waals surface area contributed by atoms with E-state index in [1.165, 1.54) is 5.01 Å². The van der Waals surface area contributed by atoms with Crippen molar-refractivity contribution in [1.29, 1.82) is 0 Å². The predicted octanol–water partition coefficient (Wildman–Crippen LogP) is 1.69. The number of thiazole rings is 1. The SMILES string of the molecule is Cc1csc(CSCC2(CO)COC2)n1. The second-order valence-electron chi connectivity index (χ2n) is 4.03. The van der Waals surface area contributed by atoms with E-state index in [1.54, 1.807) is 11.3 Å². The van der Waals surface area contributed by atoms with Crippen molar-refractivity contribution in [2.45, 2.75) is 12.7 Å². The third-order valence-electron chi connectivity index (χ3n) is 2.45. The van der Waals surface area contributed by atoms with Crippen molar-refractivity contribution in [1.82, 2.24) is 4.98 Å². The van der Waals surface area contributed by atoms with Crippen LogP contribution in [0.15, 0.2) is 5.38 Å². The normalized spacial score (nSPS) is 18.8. The molecule has 2 rings (SSSR count). The van der Waals surface area contributed by atoms with Crippen LogP contribution in [0, 0.1) is 12.3 Å². The molecular formula is C10H15NO2S2. The standard InChI is InChI=1S/C10H15NO2S2/c1-8-2-15-9(11-8)3-14-7-10(4-12)5-13-6-10/h2,12H,3-7H2,1H3. The first kappa shape index (κ1) is 11.4. The number of thioether (sulfide) groups is 1. The number of ether oxygens (including phenoxy) is 1. The maximum atomic E-state index is 9.23. The summed E-state index contributed by atoms with van der Waals surface area (Å²) in [6.45, 7) is 3.65. The fourth-order valence-electron chi connectivity index (χ4n) is 1.43. The molecule has 84 valence electrons. The molecule has 1 N–H and O–H groups in total. The van der Waals surface area contributed by atoms with Gasteiger partial charge in [0.25, 0.3) is 0 Å². The summed E-state index contributed by atoms with van der Waals surface area (Å²) in [4.78, 5) is 4.40. The Labute approximate surface area is 97.9 Å². The summed E-state index contributed by atoms with van der Waals surface area (Å²) in [5, 5.41) is 12.5. The van der Waals surface area contributed by atoms with Gasteiger partial charge in [0.2, 0.25) is 0 Å². The van der Waals surface area contributed by atoms with Crippen LogP contribution in [-0.4, -0.2) is 35.7 Å². The molecule has 15 heavy (non-hydrogen) atoms. The van der Waals surface area contributed by atoms with Crippen molar-refractivity contribution in [3.05, 3.63) is 16.1 Å². The molecule has 2 heterocycles. The minimum atomic E-state index is 0.0248. The molecule has 0 aliphatic carbocycles. The van der Waals surface area contributed by atoms with Crippen molar-refractivity contribution < 1.29 is 9.84 Å². The predicted molar refractivity (Wildman–Crippen MR) is 63.4 cm³/mol. The molecule has 0 radical (unpaired) electrons. The smallest absolute Gasteiger partial charge is 0.103 e. The first-order valence-corrected chi connectivity index (χ1v) is 6.95. The zero-order chi connectivity index (χ0) is 10.7. The third-order valence-corrected chi connectivity index (χ3v) is 4.90. The van der Waals surface area contributed by atoms with E-state index in [0.717, 1.165) is 17.2 Å². The molecule has 0 spiro atoms. The summed E-state index contributed by atoms with van der Waals surface area (Å²) >= 11 is 3.54. The second kappa shape index (κ2) is 4.82. The Hall–Kier alpha value is -0.100. The van der Waals surface area contributed by atoms with E-state index in [4.69, 9.17) is 4.74 Å². The Kier molecular flexibility index (Phi) is 3.66. The molecule has 1 aromatic rings. The lowest BCUT2D eigenvalue weighted by Crippen LogP contribution is -2.47. The van der Waals surface area contributed by atoms with E-state index in [-0.39, 0.29) is 12.0 Å². The van der Waals surface area contributed by atoms with Crippen LogP contribution in [0.2, 0.25) is 0 Å². The number of rotatable bonds is 5. The average molecular weight is 245 g/mol. The number of nitrogens with zero attached hydrogens (tertiary/aromatic N) is 1. The summed E-state index contributed by atoms with van der Waals surface area (Å²) in [6, 6.07) is 0. The number of aliphatic hydroxyl groups is 1. The van der Waals surface area contributed by atoms with Gasteiger partial charge in [0.15, 0.2) is 0 Å². The van der Waals surface area contributed by atoms with Gasteiger partial charge < -0.3 is 9.84 Å². The van der Waals surface area contributed by atoms with Crippen LogP contribution in [0.1, 0.15) is 10.7 Å². The van der Waals surface area contributed by atoms with Crippen molar-refractivity contribution in [3.8, 4) is 0 Å². The molecule has 0 unspecified atom stereocenters. The molecule has 1 aliphatic heterocycles. The van der Waals surface area contributed by atoms with E-state index < -0.39 is 0 Å². The second-order valence-corrected chi connectivity index (χ2v) is 5.95. The van der Waals surface area contributed by atoms with Crippen molar-refractivity contribution in [2.75, 3.05) is 25.6 Å². The van der Waals surface area contributed by atoms with Crippen molar-refractivity contribution >= 4 is 23.1 Å². The molecule has 1 aromatic heterocycles. The van der Waals surface area contributed by atoms with Crippen LogP contribution in [0.4, 0.5) is 0 Å². The monoisotopic (exact) mass is 245 g/mol. The molecule has 1 saturated heterocycles. The van der Waals surface area contributed by atoms with Gasteiger partial charge >= 0.3 is 0 Å². The number of aromatic nitrogens is 1. The molecule has 0 atom stereocenters. The largest absolute Gasteiger partial charge is 0.396 e. The lowest BCUT2D eigenvalue weighted by Gasteiger charge is -2.39. The van der Waals surface area contributed by atoms with Gasteiger partial charge in [-0.25, -0.2) is 4.98 Å². The van der Waals surface area contributed by atoms with Crippen LogP contribution in [0.3, 0.4) is 0 Å². The highest BCUT2D eigenvalue weighted by molar-refractivity contribution is 7.98. The van der Waals surface area contributed by atoms with E-state index in [9.17, 15) is 5.11 Å². The molecule has 3 nitrogen and oxygen atoms in total. The minimum Gasteiger partial charge on any atom is -0.396 e. The lowest BCUT2D eigenvalue weighted by atomic mass is 9.90. The lowest BCUT2D eigenvalue weighted by molar-refractivity contribution is -0.121. The van der Waals surface area contributed by atoms with Crippen LogP contribution >= 0.6 is 23.1 Å². The number of aryl methyl sites for hydroxylation is 1. The Morgan fingerprint density at radius 3 is 2.93 bits per heavy atom. The zero-order valence-electron chi connectivity index (χ0n) is 8.73. The van der Waals surface area contributed by atoms with Gasteiger partial charge in [0.05, 0.1) is 19.8 Å². The number of hydrogen-bond acceptors (Lipinski definition) is 5. The Morgan fingerprint density at radius 2 is 2.47 bits per heavy atom. The summed E-state index contributed by atoms with van der Waals surface area (Å²) < 4.78 is 5.15. The van der Waals surface area contributed by atoms with Gasteiger partial charge in [0.1, 0.15) is 5.01 Å². The summed E-state index contributed by atoms with van der Waals surface area (Å²) in [7, 11) is 0. The number of hydrogen-bond donors (Lipinski definition) is 1. The van der Waals surface area contributed by atoms with E-state index >= 15 is 0 Å². The van der Waals surface area contributed by atoms with Gasteiger partial charge in [-0.05, 0) is 6.92 Å². The van der Waals surface area contributed by atoms with Crippen molar-refractivity contribution in [2.24, 2.45) is 5.41 Å². The molecule has 1 fully saturated rings. The van der Waals surface area contributed by atoms with Crippen LogP contribution in [-0.2, 0) is 10.5 Å². The Bertz CT molecular complexity index is 317. The molecule has 0 bridgehead atoms. The van der Waals surface area contributed by atoms with Gasteiger partial charge in [-0.1, -0.05) is 0 Å². The molecule has 1 aliphatic rings. The summed E-state index contributed by atoms with van der Waals surface area (Å²) in [5.41, 5.74) is 1.12. The minimum absolute atomic E-state index is 0.0248. The van der Waals surface area contributed by atoms with E-state index in [2.05, 4.69) is 10.4 Å². The highest BCUT2D eigenvalue weighted by Crippen LogP contribution is 2.32. The molecule has 0 aromatic carbocycles. The van der Waals surface area contributed by atoms with Crippen molar-refractivity contribution in [3.63, 3.8) is 0 Å². The summed E-state index contributed by atoms with van der Waals surface area (Å²) in [5.74, 6) is 1.91. The summed E-state index contributed by atoms with van der Waals surface area (Å²) in [6.07, 6.45) is 0. The Balaban J connectivity index is 1.74. The third kappa shape index (κ3) is 2.72. The zero-order valence-corrected chi connectivity index (χ0v) is 10.4. The molecule has 0 saturated carbocycles. The van der Waals surface area contributed by atoms with Crippen LogP contribution < -0.4 is 0 Å². The first-order valence-electron chi connectivity index (χ1n) is 4.91. The first-order chi connectivity index (χ1) is 7.24. The fourth-order valence-corrected chi connectivity index (χ4v) is 3.55. The highest BCUT2D eigenvalue weighted by Gasteiger charge is 2.37. The highest BCUT2D eigenvalue weighted by atomic mass is 32.2. The van der Waals surface area contributed by atoms with E-state index in [0.29, 0.717) is 13.2 Å². The van der Waals surface area contributed by atoms with Crippen LogP contribution in [0.25, 0.3) is 0 Å². The van der Waals surface area contributed by atoms with Gasteiger partial charge in [-0.15, -0.1) is 11.3 Å². The molecule has 5 heteroatoms. The molecule has 0 amide bonds. The Morgan fingerprint density at radius 1 is 1.67 bits per heavy atom. The number of aliphatic hydroxyl groups excluding tert-OH is 1. The van der Waals surface area contributed by atoms with E-state index in [1.807, 2.05) is 18.7 Å².